The van der Waals surface area contributed by atoms with Crippen molar-refractivity contribution in [2.24, 2.45) is 0 Å². The summed E-state index contributed by atoms with van der Waals surface area (Å²) in [5, 5.41) is 0. The van der Waals surface area contributed by atoms with Crippen LogP contribution >= 0.6 is 0 Å². The molecule has 3 nitrogen and oxygen atoms in total. The summed E-state index contributed by atoms with van der Waals surface area (Å²) in [5.41, 5.74) is -0.189. The minimum Gasteiger partial charge on any atom is -0.457 e. The van der Waals surface area contributed by atoms with Crippen LogP contribution in [0.4, 0.5) is 13.2 Å². The maximum absolute atomic E-state index is 13.0. The number of nitrogens with zero attached hydrogens (tertiary/aromatic N) is 1. The number of alkyl halides is 3. The summed E-state index contributed by atoms with van der Waals surface area (Å²) >= 11 is 0. The predicted molar refractivity (Wildman–Crippen MR) is 83.6 cm³/mol. The van der Waals surface area contributed by atoms with Crippen LogP contribution in [0.5, 0.6) is 0 Å². The van der Waals surface area contributed by atoms with Gasteiger partial charge in [-0.3, -0.25) is 4.98 Å². The Kier molecular flexibility index (Phi) is 5.26. The maximum atomic E-state index is 13.0. The third-order valence-corrected chi connectivity index (χ3v) is 3.90. The lowest BCUT2D eigenvalue weighted by molar-refractivity contribution is -0.161. The zero-order valence-corrected chi connectivity index (χ0v) is 13.4. The molecule has 0 aliphatic rings. The minimum atomic E-state index is -4.45. The van der Waals surface area contributed by atoms with Crippen molar-refractivity contribution in [1.82, 2.24) is 4.98 Å². The maximum Gasteiger partial charge on any atom is 0.392 e. The Bertz CT molecular complexity index is 670. The van der Waals surface area contributed by atoms with Crippen molar-refractivity contribution >= 4 is 5.97 Å². The van der Waals surface area contributed by atoms with Gasteiger partial charge in [-0.05, 0) is 29.8 Å². The molecule has 1 unspecified atom stereocenters. The Morgan fingerprint density at radius 2 is 1.67 bits per heavy atom. The van der Waals surface area contributed by atoms with Crippen LogP contribution < -0.4 is 0 Å². The zero-order chi connectivity index (χ0) is 17.8. The lowest BCUT2D eigenvalue weighted by Gasteiger charge is -2.34. The summed E-state index contributed by atoms with van der Waals surface area (Å²) in [7, 11) is 0. The number of carbonyl (C=O) groups is 1. The molecule has 2 aromatic rings. The van der Waals surface area contributed by atoms with Crippen molar-refractivity contribution in [1.29, 1.82) is 0 Å². The van der Waals surface area contributed by atoms with Crippen LogP contribution in [0.1, 0.15) is 36.2 Å². The van der Waals surface area contributed by atoms with E-state index < -0.39 is 30.1 Å². The molecule has 24 heavy (non-hydrogen) atoms. The normalized spacial score (nSPS) is 13.4. The van der Waals surface area contributed by atoms with Crippen LogP contribution in [0, 0.1) is 0 Å². The summed E-state index contributed by atoms with van der Waals surface area (Å²) in [4.78, 5) is 16.1. The van der Waals surface area contributed by atoms with Gasteiger partial charge in [0.05, 0.1) is 12.0 Å². The Morgan fingerprint density at radius 3 is 2.21 bits per heavy atom. The zero-order valence-electron chi connectivity index (χ0n) is 13.4. The average Bonchev–Trinajstić information content (AvgIpc) is 2.54. The highest BCUT2D eigenvalue weighted by Gasteiger charge is 2.43. The molecule has 0 radical (unpaired) electrons. The molecule has 128 valence electrons. The SMILES string of the molecule is CC(C)(c1ccncc1)C(CC(F)(F)F)OC(=O)c1ccccc1. The summed E-state index contributed by atoms with van der Waals surface area (Å²) in [5.74, 6) is -0.771. The van der Waals surface area contributed by atoms with Crippen molar-refractivity contribution in [2.45, 2.75) is 38.0 Å². The smallest absolute Gasteiger partial charge is 0.392 e. The number of benzene rings is 1. The molecule has 0 bridgehead atoms. The predicted octanol–water partition coefficient (Wildman–Crippen LogP) is 4.54. The second-order valence-electron chi connectivity index (χ2n) is 6.04. The van der Waals surface area contributed by atoms with E-state index in [0.717, 1.165) is 0 Å². The van der Waals surface area contributed by atoms with Gasteiger partial charge in [0.2, 0.25) is 0 Å². The number of esters is 1. The minimum absolute atomic E-state index is 0.218. The highest BCUT2D eigenvalue weighted by Crippen LogP contribution is 2.36. The van der Waals surface area contributed by atoms with Gasteiger partial charge in [0, 0.05) is 17.8 Å². The van der Waals surface area contributed by atoms with Gasteiger partial charge in [-0.15, -0.1) is 0 Å². The summed E-state index contributed by atoms with van der Waals surface area (Å²) in [6.07, 6.45) is -4.03. The van der Waals surface area contributed by atoms with E-state index in [4.69, 9.17) is 4.74 Å². The van der Waals surface area contributed by atoms with Crippen LogP contribution in [0.15, 0.2) is 54.9 Å². The van der Waals surface area contributed by atoms with E-state index in [1.165, 1.54) is 24.5 Å². The van der Waals surface area contributed by atoms with E-state index in [0.29, 0.717) is 5.56 Å². The van der Waals surface area contributed by atoms with Crippen LogP contribution in [-0.2, 0) is 10.2 Å². The summed E-state index contributed by atoms with van der Waals surface area (Å²) in [6, 6.07) is 11.2. The number of rotatable bonds is 5. The summed E-state index contributed by atoms with van der Waals surface area (Å²) < 4.78 is 44.3. The first-order valence-electron chi connectivity index (χ1n) is 7.43. The molecule has 0 saturated carbocycles. The lowest BCUT2D eigenvalue weighted by Crippen LogP contribution is -2.40. The van der Waals surface area contributed by atoms with E-state index in [1.807, 2.05) is 0 Å². The molecule has 0 saturated heterocycles. The molecule has 1 aromatic heterocycles. The fourth-order valence-electron chi connectivity index (χ4n) is 2.39. The third kappa shape index (κ3) is 4.57. The number of hydrogen-bond acceptors (Lipinski definition) is 3. The molecule has 0 amide bonds. The van der Waals surface area contributed by atoms with Gasteiger partial charge in [0.25, 0.3) is 0 Å². The topological polar surface area (TPSA) is 39.2 Å². The molecule has 1 atom stereocenters. The van der Waals surface area contributed by atoms with Gasteiger partial charge in [0.15, 0.2) is 0 Å². The number of hydrogen-bond donors (Lipinski definition) is 0. The van der Waals surface area contributed by atoms with E-state index >= 15 is 0 Å². The van der Waals surface area contributed by atoms with Gasteiger partial charge in [-0.1, -0.05) is 32.0 Å². The van der Waals surface area contributed by atoms with E-state index in [2.05, 4.69) is 4.98 Å². The Morgan fingerprint density at radius 1 is 1.08 bits per heavy atom. The highest BCUT2D eigenvalue weighted by atomic mass is 19.4. The molecule has 0 aliphatic carbocycles. The highest BCUT2D eigenvalue weighted by molar-refractivity contribution is 5.89. The molecule has 0 fully saturated rings. The molecule has 6 heteroatoms. The van der Waals surface area contributed by atoms with Gasteiger partial charge in [-0.25, -0.2) is 4.79 Å². The van der Waals surface area contributed by atoms with Crippen molar-refractivity contribution in [3.05, 3.63) is 66.0 Å². The molecule has 0 aliphatic heterocycles. The molecule has 0 spiro atoms. The average molecular weight is 337 g/mol. The van der Waals surface area contributed by atoms with Crippen molar-refractivity contribution in [2.75, 3.05) is 0 Å². The van der Waals surface area contributed by atoms with E-state index in [9.17, 15) is 18.0 Å². The molecular weight excluding hydrogens is 319 g/mol. The van der Waals surface area contributed by atoms with Crippen LogP contribution in [0.25, 0.3) is 0 Å². The van der Waals surface area contributed by atoms with Gasteiger partial charge < -0.3 is 4.74 Å². The van der Waals surface area contributed by atoms with Crippen molar-refractivity contribution in [3.8, 4) is 0 Å². The van der Waals surface area contributed by atoms with Crippen LogP contribution in [0.2, 0.25) is 0 Å². The standard InChI is InChI=1S/C18H18F3NO2/c1-17(2,14-8-10-22-11-9-14)15(12-18(19,20)21)24-16(23)13-6-4-3-5-7-13/h3-11,15H,12H2,1-2H3. The number of ether oxygens (including phenoxy) is 1. The van der Waals surface area contributed by atoms with Crippen LogP contribution in [0.3, 0.4) is 0 Å². The van der Waals surface area contributed by atoms with Crippen molar-refractivity contribution in [3.63, 3.8) is 0 Å². The fraction of sp³-hybridized carbons (Fsp3) is 0.333. The van der Waals surface area contributed by atoms with Gasteiger partial charge >= 0.3 is 12.1 Å². The monoisotopic (exact) mass is 337 g/mol. The molecule has 0 N–H and O–H groups in total. The first kappa shape index (κ1) is 18.0. The van der Waals surface area contributed by atoms with E-state index in [1.54, 1.807) is 44.2 Å². The second kappa shape index (κ2) is 7.03. The number of pyridine rings is 1. The number of carbonyl (C=O) groups excluding carboxylic acids is 1. The van der Waals surface area contributed by atoms with Crippen molar-refractivity contribution < 1.29 is 22.7 Å². The third-order valence-electron chi connectivity index (χ3n) is 3.90. The summed E-state index contributed by atoms with van der Waals surface area (Å²) in [6.45, 7) is 3.24. The van der Waals surface area contributed by atoms with E-state index in [-0.39, 0.29) is 5.56 Å². The van der Waals surface area contributed by atoms with Gasteiger partial charge in [0.1, 0.15) is 6.10 Å². The number of aromatic nitrogens is 1. The Balaban J connectivity index is 2.29. The number of halogens is 3. The van der Waals surface area contributed by atoms with Gasteiger partial charge in [-0.2, -0.15) is 13.2 Å². The first-order valence-corrected chi connectivity index (χ1v) is 7.43. The fourth-order valence-corrected chi connectivity index (χ4v) is 2.39. The quantitative estimate of drug-likeness (QED) is 0.752. The molecular formula is C18H18F3NO2. The Hall–Kier alpha value is -2.37. The first-order chi connectivity index (χ1) is 11.2. The molecule has 1 heterocycles. The second-order valence-corrected chi connectivity index (χ2v) is 6.04. The Labute approximate surface area is 138 Å². The molecule has 1 aromatic carbocycles. The van der Waals surface area contributed by atoms with Crippen LogP contribution in [-0.4, -0.2) is 23.2 Å². The molecule has 2 rings (SSSR count). The largest absolute Gasteiger partial charge is 0.457 e. The lowest BCUT2D eigenvalue weighted by atomic mass is 9.78.